The topological polar surface area (TPSA) is 71.5 Å². The van der Waals surface area contributed by atoms with Crippen molar-refractivity contribution in [1.82, 2.24) is 4.37 Å². The average molecular weight is 256 g/mol. The smallest absolute Gasteiger partial charge is 0.340 e. The Balaban J connectivity index is 1.96. The van der Waals surface area contributed by atoms with E-state index in [0.29, 0.717) is 22.2 Å². The molecule has 0 amide bonds. The minimum absolute atomic E-state index is 0.307. The fourth-order valence-electron chi connectivity index (χ4n) is 1.93. The number of carbonyl (C=O) groups is 1. The average Bonchev–Trinajstić information content (AvgIpc) is 2.69. The quantitative estimate of drug-likeness (QED) is 0.862. The van der Waals surface area contributed by atoms with Crippen LogP contribution in [0.1, 0.15) is 28.9 Å². The molecule has 0 unspecified atom stereocenters. The Morgan fingerprint density at radius 3 is 2.94 bits per heavy atom. The maximum absolute atomic E-state index is 11.1. The van der Waals surface area contributed by atoms with E-state index in [1.807, 2.05) is 0 Å². The standard InChI is InChI=1S/C11H16N2O3S/c1-7-9(11(14)15)10(17-13-7)12-6-8-2-4-16-5-3-8/h8,12H,2-6H2,1H3,(H,14,15). The Morgan fingerprint density at radius 1 is 1.59 bits per heavy atom. The van der Waals surface area contributed by atoms with Crippen molar-refractivity contribution < 1.29 is 14.6 Å². The molecule has 2 N–H and O–H groups in total. The third kappa shape index (κ3) is 2.95. The molecular formula is C11H16N2O3S. The summed E-state index contributed by atoms with van der Waals surface area (Å²) in [6.45, 7) is 4.13. The highest BCUT2D eigenvalue weighted by Gasteiger charge is 2.19. The molecule has 1 aliphatic heterocycles. The molecule has 2 heterocycles. The van der Waals surface area contributed by atoms with E-state index in [-0.39, 0.29) is 0 Å². The first-order valence-electron chi connectivity index (χ1n) is 5.69. The van der Waals surface area contributed by atoms with Crippen LogP contribution in [0.25, 0.3) is 0 Å². The van der Waals surface area contributed by atoms with Gasteiger partial charge in [-0.25, -0.2) is 4.79 Å². The number of hydrogen-bond acceptors (Lipinski definition) is 5. The molecule has 0 atom stereocenters. The number of rotatable bonds is 4. The zero-order valence-corrected chi connectivity index (χ0v) is 10.5. The fraction of sp³-hybridized carbons (Fsp3) is 0.636. The van der Waals surface area contributed by atoms with E-state index in [0.717, 1.165) is 32.6 Å². The second-order valence-corrected chi connectivity index (χ2v) is 4.99. The van der Waals surface area contributed by atoms with E-state index in [2.05, 4.69) is 9.69 Å². The third-order valence-electron chi connectivity index (χ3n) is 2.97. The molecule has 1 aromatic heterocycles. The summed E-state index contributed by atoms with van der Waals surface area (Å²) in [5.41, 5.74) is 0.888. The summed E-state index contributed by atoms with van der Waals surface area (Å²) in [6, 6.07) is 0. The van der Waals surface area contributed by atoms with Crippen LogP contribution in [0.2, 0.25) is 0 Å². The first-order chi connectivity index (χ1) is 8.18. The van der Waals surface area contributed by atoms with E-state index < -0.39 is 5.97 Å². The Hall–Kier alpha value is -1.14. The molecule has 0 aromatic carbocycles. The van der Waals surface area contributed by atoms with Gasteiger partial charge in [-0.1, -0.05) is 0 Å². The summed E-state index contributed by atoms with van der Waals surface area (Å²) in [6.07, 6.45) is 2.07. The summed E-state index contributed by atoms with van der Waals surface area (Å²) in [5.74, 6) is -0.349. The van der Waals surface area contributed by atoms with Gasteiger partial charge in [0.05, 0.1) is 5.69 Å². The van der Waals surface area contributed by atoms with Crippen LogP contribution in [0, 0.1) is 12.8 Å². The van der Waals surface area contributed by atoms with Crippen molar-refractivity contribution in [3.8, 4) is 0 Å². The Labute approximate surface area is 104 Å². The normalized spacial score (nSPS) is 17.0. The number of nitrogens with one attached hydrogen (secondary N) is 1. The molecule has 5 nitrogen and oxygen atoms in total. The highest BCUT2D eigenvalue weighted by atomic mass is 32.1. The van der Waals surface area contributed by atoms with Crippen molar-refractivity contribution in [2.75, 3.05) is 25.1 Å². The highest BCUT2D eigenvalue weighted by molar-refractivity contribution is 7.10. The zero-order valence-electron chi connectivity index (χ0n) is 9.73. The lowest BCUT2D eigenvalue weighted by atomic mass is 10.0. The fourth-order valence-corrected chi connectivity index (χ4v) is 2.72. The van der Waals surface area contributed by atoms with Gasteiger partial charge in [0.25, 0.3) is 0 Å². The van der Waals surface area contributed by atoms with Gasteiger partial charge < -0.3 is 15.2 Å². The molecule has 0 spiro atoms. The van der Waals surface area contributed by atoms with Crippen LogP contribution in [0.3, 0.4) is 0 Å². The lowest BCUT2D eigenvalue weighted by molar-refractivity contribution is 0.0689. The zero-order chi connectivity index (χ0) is 12.3. The van der Waals surface area contributed by atoms with Gasteiger partial charge in [0, 0.05) is 19.8 Å². The highest BCUT2D eigenvalue weighted by Crippen LogP contribution is 2.25. The molecule has 2 rings (SSSR count). The molecule has 94 valence electrons. The number of aryl methyl sites for hydroxylation is 1. The van der Waals surface area contributed by atoms with Crippen molar-refractivity contribution in [2.24, 2.45) is 5.92 Å². The molecule has 0 bridgehead atoms. The molecular weight excluding hydrogens is 240 g/mol. The van der Waals surface area contributed by atoms with Gasteiger partial charge in [0.2, 0.25) is 0 Å². The first kappa shape index (κ1) is 12.3. The Morgan fingerprint density at radius 2 is 2.29 bits per heavy atom. The maximum Gasteiger partial charge on any atom is 0.340 e. The number of aromatic nitrogens is 1. The predicted octanol–water partition coefficient (Wildman–Crippen LogP) is 1.99. The largest absolute Gasteiger partial charge is 0.478 e. The lowest BCUT2D eigenvalue weighted by Gasteiger charge is -2.22. The van der Waals surface area contributed by atoms with Crippen LogP contribution in [-0.2, 0) is 4.74 Å². The number of carboxylic acids is 1. The monoisotopic (exact) mass is 256 g/mol. The third-order valence-corrected chi connectivity index (χ3v) is 3.86. The minimum Gasteiger partial charge on any atom is -0.478 e. The van der Waals surface area contributed by atoms with Crippen LogP contribution >= 0.6 is 11.5 Å². The molecule has 1 aromatic rings. The number of aromatic carboxylic acids is 1. The number of carboxylic acid groups (broad SMARTS) is 1. The van der Waals surface area contributed by atoms with E-state index in [9.17, 15) is 4.79 Å². The number of nitrogens with zero attached hydrogens (tertiary/aromatic N) is 1. The van der Waals surface area contributed by atoms with Crippen LogP contribution in [0.4, 0.5) is 5.00 Å². The molecule has 1 saturated heterocycles. The molecule has 0 saturated carbocycles. The summed E-state index contributed by atoms with van der Waals surface area (Å²) < 4.78 is 9.36. The van der Waals surface area contributed by atoms with E-state index in [4.69, 9.17) is 9.84 Å². The van der Waals surface area contributed by atoms with Crippen molar-refractivity contribution in [2.45, 2.75) is 19.8 Å². The summed E-state index contributed by atoms with van der Waals surface area (Å²) >= 11 is 1.22. The number of hydrogen-bond donors (Lipinski definition) is 2. The molecule has 0 aliphatic carbocycles. The van der Waals surface area contributed by atoms with Gasteiger partial charge in [-0.2, -0.15) is 4.37 Å². The summed E-state index contributed by atoms with van der Waals surface area (Å²) in [4.78, 5) is 11.1. The van der Waals surface area contributed by atoms with Crippen molar-refractivity contribution >= 4 is 22.5 Å². The molecule has 1 fully saturated rings. The van der Waals surface area contributed by atoms with Crippen LogP contribution in [0.5, 0.6) is 0 Å². The van der Waals surface area contributed by atoms with Gasteiger partial charge in [-0.05, 0) is 37.2 Å². The Kier molecular flexibility index (Phi) is 3.96. The van der Waals surface area contributed by atoms with Gasteiger partial charge in [0.1, 0.15) is 10.6 Å². The maximum atomic E-state index is 11.1. The van der Waals surface area contributed by atoms with E-state index in [1.165, 1.54) is 11.5 Å². The van der Waals surface area contributed by atoms with Crippen LogP contribution in [-0.4, -0.2) is 35.2 Å². The van der Waals surface area contributed by atoms with Crippen molar-refractivity contribution in [3.63, 3.8) is 0 Å². The molecule has 0 radical (unpaired) electrons. The van der Waals surface area contributed by atoms with E-state index in [1.54, 1.807) is 6.92 Å². The molecule has 17 heavy (non-hydrogen) atoms. The van der Waals surface area contributed by atoms with Gasteiger partial charge >= 0.3 is 5.97 Å². The SMILES string of the molecule is Cc1nsc(NCC2CCOCC2)c1C(=O)O. The van der Waals surface area contributed by atoms with Gasteiger partial charge in [-0.3, -0.25) is 0 Å². The van der Waals surface area contributed by atoms with Crippen LogP contribution in [0.15, 0.2) is 0 Å². The van der Waals surface area contributed by atoms with Gasteiger partial charge in [0.15, 0.2) is 0 Å². The second kappa shape index (κ2) is 5.46. The van der Waals surface area contributed by atoms with Gasteiger partial charge in [-0.15, -0.1) is 0 Å². The summed E-state index contributed by atoms with van der Waals surface area (Å²) in [5, 5.41) is 13.0. The first-order valence-corrected chi connectivity index (χ1v) is 6.47. The molecule has 6 heteroatoms. The number of anilines is 1. The van der Waals surface area contributed by atoms with Crippen molar-refractivity contribution in [1.29, 1.82) is 0 Å². The Bertz CT molecular complexity index is 399. The second-order valence-electron chi connectivity index (χ2n) is 4.21. The number of ether oxygens (including phenoxy) is 1. The van der Waals surface area contributed by atoms with Crippen molar-refractivity contribution in [3.05, 3.63) is 11.3 Å². The lowest BCUT2D eigenvalue weighted by Crippen LogP contribution is -2.22. The van der Waals surface area contributed by atoms with Crippen LogP contribution < -0.4 is 5.32 Å². The van der Waals surface area contributed by atoms with E-state index >= 15 is 0 Å². The molecule has 1 aliphatic rings. The summed E-state index contributed by atoms with van der Waals surface area (Å²) in [7, 11) is 0. The minimum atomic E-state index is -0.911. The predicted molar refractivity (Wildman–Crippen MR) is 65.8 cm³/mol.